The van der Waals surface area contributed by atoms with E-state index in [4.69, 9.17) is 54.2 Å². The van der Waals surface area contributed by atoms with E-state index in [1.54, 1.807) is 41.7 Å². The molecule has 0 saturated carbocycles. The fraction of sp³-hybridized carbons (Fsp3) is 0.787. The van der Waals surface area contributed by atoms with Crippen molar-refractivity contribution in [1.29, 1.82) is 0 Å². The molecule has 7 aliphatic rings. The van der Waals surface area contributed by atoms with Gasteiger partial charge in [-0.2, -0.15) is 0 Å². The lowest BCUT2D eigenvalue weighted by Crippen LogP contribution is -2.65. The number of carbonyl (C=O) groups is 3. The molecule has 464 valence electrons. The SMILES string of the molecule is C=C(Cl)C=CC(O)CC(=C)CC1OC2C(C)C(OC(=O)CC3CC(OC(C)=O)CC4(CC(C)(O)CC(CC(=C)C(C)C(O)C(C)C(=O)CC5CC(OC)CC6(CC(O)CC(C=CCCCC7OC(O)(CC(O)C7C)C2O)O6)O5)O4)O3)C1O. The summed E-state index contributed by atoms with van der Waals surface area (Å²) in [5.41, 5.74) is -0.469. The molecule has 7 heterocycles. The Morgan fingerprint density at radius 2 is 1.50 bits per heavy atom. The van der Waals surface area contributed by atoms with Crippen LogP contribution in [0.3, 0.4) is 0 Å². The summed E-state index contributed by atoms with van der Waals surface area (Å²) >= 11 is 5.88. The standard InChI is InChI=1S/C61H93ClO20/c1-32(18-40(64)17-16-34(3)62)19-51-54(70)55-38(7)56(76-51)57(71)61(73)30-49(67)36(5)50(82-61)15-13-11-12-14-42-21-41(65)26-59(78-42)28-45(74-10)22-43(79-59)24-48(66)37(6)53(69)35(4)33(2)20-47-27-58(9,72)31-60(81-47)29-46(75-39(8)63)23-44(80-60)25-52(68)77-55/h12,14,16-17,35-38,40-47,49-51,53-57,64-65,67,69-73H,1-3,11,13,15,18-31H2,4-10H3. The van der Waals surface area contributed by atoms with E-state index >= 15 is 0 Å². The maximum atomic E-state index is 14.4. The van der Waals surface area contributed by atoms with Crippen LogP contribution in [0.5, 0.6) is 0 Å². The van der Waals surface area contributed by atoms with Crippen molar-refractivity contribution in [2.75, 3.05) is 7.11 Å². The fourth-order valence-electron chi connectivity index (χ4n) is 13.8. The Bertz CT molecular complexity index is 2310. The van der Waals surface area contributed by atoms with Gasteiger partial charge < -0.3 is 83.5 Å². The van der Waals surface area contributed by atoms with Gasteiger partial charge in [0.25, 0.3) is 0 Å². The van der Waals surface area contributed by atoms with Crippen LogP contribution in [0, 0.1) is 23.7 Å². The summed E-state index contributed by atoms with van der Waals surface area (Å²) in [5.74, 6) is -9.98. The average Bonchev–Trinajstić information content (AvgIpc) is 1.80. The van der Waals surface area contributed by atoms with Gasteiger partial charge in [-0.05, 0) is 51.5 Å². The van der Waals surface area contributed by atoms with Crippen molar-refractivity contribution in [2.24, 2.45) is 23.7 Å². The Morgan fingerprint density at radius 1 is 0.829 bits per heavy atom. The third-order valence-corrected chi connectivity index (χ3v) is 18.2. The van der Waals surface area contributed by atoms with Gasteiger partial charge in [-0.25, -0.2) is 0 Å². The quantitative estimate of drug-likeness (QED) is 0.0864. The molecule has 24 atom stereocenters. The molecule has 7 aliphatic heterocycles. The minimum Gasteiger partial charge on any atom is -0.462 e. The second-order valence-corrected chi connectivity index (χ2v) is 25.8. The molecule has 20 nitrogen and oxygen atoms in total. The van der Waals surface area contributed by atoms with Crippen LogP contribution in [0.4, 0.5) is 0 Å². The number of allylic oxidation sites excluding steroid dienone is 3. The van der Waals surface area contributed by atoms with Crippen molar-refractivity contribution in [1.82, 2.24) is 0 Å². The zero-order valence-corrected chi connectivity index (χ0v) is 49.6. The third-order valence-electron chi connectivity index (χ3n) is 18.0. The number of rotatable bonds is 8. The number of aliphatic hydroxyl groups excluding tert-OH is 6. The van der Waals surface area contributed by atoms with Crippen LogP contribution >= 0.6 is 11.6 Å². The lowest BCUT2D eigenvalue weighted by molar-refractivity contribution is -0.351. The molecule has 7 rings (SSSR count). The molecule has 24 unspecified atom stereocenters. The number of esters is 2. The number of Topliss-reactive ketones (excluding diaryl/α,β-unsaturated/α-hetero) is 1. The second-order valence-electron chi connectivity index (χ2n) is 25.4. The van der Waals surface area contributed by atoms with E-state index in [9.17, 15) is 55.2 Å². The van der Waals surface area contributed by atoms with Crippen molar-refractivity contribution < 1.29 is 97.9 Å². The molecule has 6 fully saturated rings. The number of ether oxygens (including phenoxy) is 9. The number of methoxy groups -OCH3 is 1. The van der Waals surface area contributed by atoms with E-state index in [0.29, 0.717) is 49.7 Å². The van der Waals surface area contributed by atoms with Crippen LogP contribution in [-0.2, 0) is 57.0 Å². The molecule has 2 spiro atoms. The molecule has 0 aromatic heterocycles. The van der Waals surface area contributed by atoms with Crippen molar-refractivity contribution in [3.8, 4) is 0 Å². The highest BCUT2D eigenvalue weighted by Gasteiger charge is 2.58. The number of carbonyl (C=O) groups excluding carboxylic acids is 3. The summed E-state index contributed by atoms with van der Waals surface area (Å²) in [5, 5.41) is 94.1. The number of aliphatic hydroxyl groups is 8. The van der Waals surface area contributed by atoms with Gasteiger partial charge in [0, 0.05) is 107 Å². The lowest BCUT2D eigenvalue weighted by Gasteiger charge is -2.52. The Labute approximate surface area is 487 Å². The van der Waals surface area contributed by atoms with Gasteiger partial charge >= 0.3 is 11.9 Å². The molecule has 0 aromatic rings. The summed E-state index contributed by atoms with van der Waals surface area (Å²) in [6, 6.07) is 0. The highest BCUT2D eigenvalue weighted by molar-refractivity contribution is 6.30. The summed E-state index contributed by atoms with van der Waals surface area (Å²) in [6.45, 7) is 21.7. The van der Waals surface area contributed by atoms with E-state index in [1.165, 1.54) is 19.1 Å². The first-order valence-electron chi connectivity index (χ1n) is 29.4. The first kappa shape index (κ1) is 66.5. The van der Waals surface area contributed by atoms with Gasteiger partial charge in [-0.15, -0.1) is 0 Å². The van der Waals surface area contributed by atoms with Gasteiger partial charge in [0.15, 0.2) is 17.4 Å². The molecule has 21 heteroatoms. The zero-order chi connectivity index (χ0) is 60.2. The van der Waals surface area contributed by atoms with E-state index in [0.717, 1.165) is 0 Å². The third kappa shape index (κ3) is 16.9. The maximum Gasteiger partial charge on any atom is 0.308 e. The molecule has 0 amide bonds. The molecular formula is C61H93ClO20. The topological polar surface area (TPSA) is 296 Å². The number of halogens is 1. The summed E-state index contributed by atoms with van der Waals surface area (Å²) < 4.78 is 57.2. The molecule has 8 N–H and O–H groups in total. The van der Waals surface area contributed by atoms with Crippen molar-refractivity contribution in [3.63, 3.8) is 0 Å². The van der Waals surface area contributed by atoms with Gasteiger partial charge in [0.2, 0.25) is 0 Å². The van der Waals surface area contributed by atoms with Crippen molar-refractivity contribution >= 4 is 29.3 Å². The van der Waals surface area contributed by atoms with Crippen LogP contribution in [-0.4, -0.2) is 186 Å². The minimum absolute atomic E-state index is 0.00389. The minimum atomic E-state index is -2.40. The summed E-state index contributed by atoms with van der Waals surface area (Å²) in [4.78, 5) is 41.0. The first-order valence-corrected chi connectivity index (χ1v) is 29.8. The maximum absolute atomic E-state index is 14.4. The van der Waals surface area contributed by atoms with E-state index < -0.39 is 163 Å². The van der Waals surface area contributed by atoms with Crippen LogP contribution in [0.15, 0.2) is 60.2 Å². The Balaban J connectivity index is 1.20. The molecular weight excluding hydrogens is 1090 g/mol. The Morgan fingerprint density at radius 3 is 2.20 bits per heavy atom. The molecule has 10 bridgehead atoms. The summed E-state index contributed by atoms with van der Waals surface area (Å²) in [6.07, 6.45) is -8.29. The van der Waals surface area contributed by atoms with E-state index in [2.05, 4.69) is 19.7 Å². The summed E-state index contributed by atoms with van der Waals surface area (Å²) in [7, 11) is 1.58. The predicted octanol–water partition coefficient (Wildman–Crippen LogP) is 5.34. The van der Waals surface area contributed by atoms with E-state index in [-0.39, 0.29) is 74.7 Å². The van der Waals surface area contributed by atoms with Crippen LogP contribution in [0.25, 0.3) is 0 Å². The van der Waals surface area contributed by atoms with Crippen molar-refractivity contribution in [3.05, 3.63) is 60.2 Å². The highest BCUT2D eigenvalue weighted by Crippen LogP contribution is 2.48. The van der Waals surface area contributed by atoms with Crippen molar-refractivity contribution in [2.45, 2.75) is 271 Å². The largest absolute Gasteiger partial charge is 0.462 e. The van der Waals surface area contributed by atoms with Gasteiger partial charge in [-0.3, -0.25) is 14.4 Å². The highest BCUT2D eigenvalue weighted by atomic mass is 35.5. The zero-order valence-electron chi connectivity index (χ0n) is 48.9. The Kier molecular flexibility index (Phi) is 22.5. The number of fused-ring (bicyclic) bond motifs is 8. The molecule has 0 radical (unpaired) electrons. The molecule has 0 aliphatic carbocycles. The van der Waals surface area contributed by atoms with Gasteiger partial charge in [-0.1, -0.05) is 88.4 Å². The normalized spacial score (nSPS) is 45.4. The number of hydrogen-bond donors (Lipinski definition) is 8. The number of ketones is 1. The van der Waals surface area contributed by atoms with Crippen LogP contribution < -0.4 is 0 Å². The smallest absolute Gasteiger partial charge is 0.308 e. The number of hydrogen-bond acceptors (Lipinski definition) is 20. The first-order chi connectivity index (χ1) is 38.4. The fourth-order valence-corrected chi connectivity index (χ4v) is 13.8. The van der Waals surface area contributed by atoms with E-state index in [1.807, 2.05) is 12.2 Å². The predicted molar refractivity (Wildman–Crippen MR) is 298 cm³/mol. The van der Waals surface area contributed by atoms with Crippen LogP contribution in [0.2, 0.25) is 0 Å². The van der Waals surface area contributed by atoms with Crippen LogP contribution in [0.1, 0.15) is 151 Å². The lowest BCUT2D eigenvalue weighted by atomic mass is 9.78. The molecule has 6 saturated heterocycles. The monoisotopic (exact) mass is 1180 g/mol. The molecule has 82 heavy (non-hydrogen) atoms. The van der Waals surface area contributed by atoms with Gasteiger partial charge in [0.05, 0.1) is 85.3 Å². The Hall–Kier alpha value is -3.00. The van der Waals surface area contributed by atoms with Gasteiger partial charge in [0.1, 0.15) is 30.2 Å². The average molecular weight is 1180 g/mol. The molecule has 0 aromatic carbocycles. The second kappa shape index (κ2) is 27.8.